The van der Waals surface area contributed by atoms with Gasteiger partial charge < -0.3 is 26.0 Å². The van der Waals surface area contributed by atoms with Crippen molar-refractivity contribution in [1.29, 1.82) is 0 Å². The number of carbonyl (C=O) groups excluding carboxylic acids is 2. The summed E-state index contributed by atoms with van der Waals surface area (Å²) in [5.74, 6) is -8.72. The Morgan fingerprint density at radius 2 is 1.36 bits per heavy atom. The Hall–Kier alpha value is -1.95. The summed E-state index contributed by atoms with van der Waals surface area (Å²) in [6, 6.07) is 0. The van der Waals surface area contributed by atoms with E-state index in [-0.39, 0.29) is 30.7 Å². The maximum absolute atomic E-state index is 13.2. The highest BCUT2D eigenvalue weighted by molar-refractivity contribution is 7.81. The van der Waals surface area contributed by atoms with E-state index in [9.17, 15) is 39.3 Å². The summed E-state index contributed by atoms with van der Waals surface area (Å²) < 4.78 is 0. The maximum atomic E-state index is 13.2. The van der Waals surface area contributed by atoms with Crippen molar-refractivity contribution in [3.05, 3.63) is 0 Å². The fourth-order valence-electron chi connectivity index (χ4n) is 5.13. The molecule has 2 amide bonds. The highest BCUT2D eigenvalue weighted by Gasteiger charge is 2.49. The molecule has 10 nitrogen and oxygen atoms in total. The van der Waals surface area contributed by atoms with E-state index in [0.29, 0.717) is 6.42 Å². The molecule has 0 fully saturated rings. The smallest absolute Gasteiger partial charge is 0.307 e. The van der Waals surface area contributed by atoms with Crippen molar-refractivity contribution in [1.82, 2.24) is 10.6 Å². The lowest BCUT2D eigenvalue weighted by atomic mass is 9.62. The van der Waals surface area contributed by atoms with Gasteiger partial charge in [0.15, 0.2) is 0 Å². The monoisotopic (exact) mass is 592 g/mol. The van der Waals surface area contributed by atoms with Gasteiger partial charge in [-0.1, -0.05) is 48.0 Å². The zero-order chi connectivity index (χ0) is 30.6. The lowest BCUT2D eigenvalue weighted by molar-refractivity contribution is -0.161. The van der Waals surface area contributed by atoms with Crippen molar-refractivity contribution in [3.63, 3.8) is 0 Å². The molecule has 39 heavy (non-hydrogen) atoms. The molecule has 0 saturated carbocycles. The molecule has 0 aliphatic heterocycles. The second kappa shape index (κ2) is 17.0. The highest BCUT2D eigenvalue weighted by atomic mass is 32.1. The van der Waals surface area contributed by atoms with Crippen molar-refractivity contribution in [3.8, 4) is 0 Å². The molecule has 5 unspecified atom stereocenters. The van der Waals surface area contributed by atoms with Gasteiger partial charge in [-0.15, -0.1) is 0 Å². The van der Waals surface area contributed by atoms with Gasteiger partial charge in [0, 0.05) is 24.8 Å². The van der Waals surface area contributed by atoms with Gasteiger partial charge in [-0.3, -0.25) is 24.0 Å². The van der Waals surface area contributed by atoms with Crippen LogP contribution in [0.1, 0.15) is 80.1 Å². The number of hydrogen-bond acceptors (Lipinski definition) is 7. The van der Waals surface area contributed by atoms with E-state index in [2.05, 4.69) is 35.9 Å². The summed E-state index contributed by atoms with van der Waals surface area (Å²) in [5, 5.41) is 35.0. The van der Waals surface area contributed by atoms with Crippen molar-refractivity contribution >= 4 is 55.0 Å². The summed E-state index contributed by atoms with van der Waals surface area (Å²) in [4.78, 5) is 61.2. The quantitative estimate of drug-likeness (QED) is 0.0881. The largest absolute Gasteiger partial charge is 0.481 e. The number of carboxylic acid groups (broad SMARTS) is 3. The lowest BCUT2D eigenvalue weighted by Gasteiger charge is -2.40. The first kappa shape index (κ1) is 37.0. The molecule has 0 saturated heterocycles. The Morgan fingerprint density at radius 1 is 0.795 bits per heavy atom. The second-order valence-corrected chi connectivity index (χ2v) is 13.2. The van der Waals surface area contributed by atoms with Gasteiger partial charge in [-0.25, -0.2) is 0 Å². The van der Waals surface area contributed by atoms with Crippen molar-refractivity contribution < 1.29 is 39.3 Å². The van der Waals surface area contributed by atoms with Crippen molar-refractivity contribution in [2.45, 2.75) is 85.3 Å². The molecule has 0 heterocycles. The van der Waals surface area contributed by atoms with E-state index in [1.807, 2.05) is 0 Å². The van der Waals surface area contributed by atoms with E-state index in [1.165, 1.54) is 20.8 Å². The predicted molar refractivity (Wildman–Crippen MR) is 156 cm³/mol. The zero-order valence-corrected chi connectivity index (χ0v) is 25.8. The molecular formula is C27H48N2O8S2. The summed E-state index contributed by atoms with van der Waals surface area (Å²) in [6.07, 6.45) is 3.56. The minimum Gasteiger partial charge on any atom is -0.481 e. The average Bonchev–Trinajstić information content (AvgIpc) is 2.77. The predicted octanol–water partition coefficient (Wildman–Crippen LogP) is 3.60. The van der Waals surface area contributed by atoms with E-state index in [1.54, 1.807) is 20.8 Å². The van der Waals surface area contributed by atoms with Gasteiger partial charge in [-0.2, -0.15) is 25.3 Å². The van der Waals surface area contributed by atoms with Gasteiger partial charge in [-0.05, 0) is 42.3 Å². The Kier molecular flexibility index (Phi) is 16.1. The molecule has 0 bridgehead atoms. The fourth-order valence-corrected chi connectivity index (χ4v) is 5.96. The van der Waals surface area contributed by atoms with Crippen molar-refractivity contribution in [2.75, 3.05) is 18.8 Å². The molecule has 226 valence electrons. The number of hydrogen-bond donors (Lipinski definition) is 7. The molecule has 0 aromatic heterocycles. The first-order chi connectivity index (χ1) is 17.9. The molecule has 0 rings (SSSR count). The van der Waals surface area contributed by atoms with Gasteiger partial charge in [0.2, 0.25) is 11.8 Å². The van der Waals surface area contributed by atoms with Crippen LogP contribution < -0.4 is 10.6 Å². The third-order valence-corrected chi connectivity index (χ3v) is 7.85. The van der Waals surface area contributed by atoms with Gasteiger partial charge in [0.1, 0.15) is 0 Å². The number of thiol groups is 2. The number of nitrogens with one attached hydrogen (secondary N) is 2. The van der Waals surface area contributed by atoms with Crippen molar-refractivity contribution in [2.24, 2.45) is 34.5 Å². The third kappa shape index (κ3) is 13.3. The molecule has 5 N–H and O–H groups in total. The van der Waals surface area contributed by atoms with Crippen LogP contribution in [0, 0.1) is 34.5 Å². The Balaban J connectivity index is 5.29. The van der Waals surface area contributed by atoms with Crippen LogP contribution in [-0.2, 0) is 24.0 Å². The van der Waals surface area contributed by atoms with E-state index < -0.39 is 58.3 Å². The molecule has 5 atom stereocenters. The molecule has 0 aromatic rings. The topological polar surface area (TPSA) is 170 Å². The highest BCUT2D eigenvalue weighted by Crippen LogP contribution is 2.44. The number of carboxylic acids is 3. The number of unbranched alkanes of at least 4 members (excludes halogenated alkanes) is 1. The summed E-state index contributed by atoms with van der Waals surface area (Å²) in [7, 11) is 0. The minimum atomic E-state index is -1.36. The molecule has 0 radical (unpaired) electrons. The third-order valence-electron chi connectivity index (χ3n) is 7.08. The molecular weight excluding hydrogens is 544 g/mol. The number of aliphatic carboxylic acids is 3. The van der Waals surface area contributed by atoms with E-state index in [4.69, 9.17) is 0 Å². The molecule has 0 aliphatic rings. The summed E-state index contributed by atoms with van der Waals surface area (Å²) in [6.45, 7) is 9.77. The van der Waals surface area contributed by atoms with Gasteiger partial charge in [0.25, 0.3) is 0 Å². The molecule has 0 aromatic carbocycles. The van der Waals surface area contributed by atoms with Crippen LogP contribution in [0.25, 0.3) is 0 Å². The fraction of sp³-hybridized carbons (Fsp3) is 0.815. The normalized spacial score (nSPS) is 15.9. The van der Waals surface area contributed by atoms with E-state index in [0.717, 1.165) is 31.4 Å². The Morgan fingerprint density at radius 3 is 1.82 bits per heavy atom. The molecule has 12 heteroatoms. The van der Waals surface area contributed by atoms with Crippen LogP contribution in [0.15, 0.2) is 0 Å². The van der Waals surface area contributed by atoms with Gasteiger partial charge >= 0.3 is 17.9 Å². The standard InChI is InChI=1S/C27H48N2O8S2/c1-16(23(32)33)20(25(36)37)27(5,6)15-18(24(34)35)21(26(2,3)4)22(31)29-13-12-28-19(30)10-8-7-9-17(39)11-14-38/h16-18,20-21,38-39H,7-15H2,1-6H3,(H,28,30)(H,29,31)(H,32,33)(H,34,35)(H,36,37). The first-order valence-corrected chi connectivity index (χ1v) is 14.5. The van der Waals surface area contributed by atoms with Crippen LogP contribution in [0.5, 0.6) is 0 Å². The zero-order valence-electron chi connectivity index (χ0n) is 24.0. The summed E-state index contributed by atoms with van der Waals surface area (Å²) in [5.41, 5.74) is -2.05. The number of carbonyl (C=O) groups is 5. The van der Waals surface area contributed by atoms with Crippen LogP contribution in [0.2, 0.25) is 0 Å². The molecule has 0 aliphatic carbocycles. The SMILES string of the molecule is CC(C(=O)O)C(C(=O)O)C(C)(C)CC(C(=O)O)C(C(=O)NCCNC(=O)CCCCC(S)CCS)C(C)(C)C. The van der Waals surface area contributed by atoms with Crippen LogP contribution >= 0.6 is 25.3 Å². The van der Waals surface area contributed by atoms with E-state index >= 15 is 0 Å². The molecule has 0 spiro atoms. The Labute approximate surface area is 243 Å². The second-order valence-electron chi connectivity index (χ2n) is 12.0. The van der Waals surface area contributed by atoms with Crippen LogP contribution in [-0.4, -0.2) is 69.1 Å². The van der Waals surface area contributed by atoms with Crippen LogP contribution in [0.3, 0.4) is 0 Å². The minimum absolute atomic E-state index is 0.0986. The Bertz CT molecular complexity index is 844. The summed E-state index contributed by atoms with van der Waals surface area (Å²) >= 11 is 8.65. The van der Waals surface area contributed by atoms with Gasteiger partial charge in [0.05, 0.1) is 23.7 Å². The first-order valence-electron chi connectivity index (χ1n) is 13.4. The average molecular weight is 593 g/mol. The maximum Gasteiger partial charge on any atom is 0.307 e. The lowest BCUT2D eigenvalue weighted by Crippen LogP contribution is -2.49. The number of amides is 2. The number of rotatable bonds is 19. The van der Waals surface area contributed by atoms with Crippen LogP contribution in [0.4, 0.5) is 0 Å².